The van der Waals surface area contributed by atoms with Crippen molar-refractivity contribution in [1.29, 1.82) is 0 Å². The molecule has 1 aromatic carbocycles. The number of carbonyl (C=O) groups excluding carboxylic acids is 1. The van der Waals surface area contributed by atoms with Crippen LogP contribution in [0.1, 0.15) is 29.2 Å². The molecule has 0 radical (unpaired) electrons. The lowest BCUT2D eigenvalue weighted by molar-refractivity contribution is -0.116. The Morgan fingerprint density at radius 3 is 2.79 bits per heavy atom. The Hall–Kier alpha value is -2.54. The summed E-state index contributed by atoms with van der Waals surface area (Å²) in [4.78, 5) is 36.6. The molecule has 1 amide bonds. The average Bonchev–Trinajstić information content (AvgIpc) is 2.85. The van der Waals surface area contributed by atoms with E-state index in [9.17, 15) is 9.59 Å². The lowest BCUT2D eigenvalue weighted by Crippen LogP contribution is -2.14. The summed E-state index contributed by atoms with van der Waals surface area (Å²) >= 11 is 1.47. The van der Waals surface area contributed by atoms with Crippen molar-refractivity contribution in [1.82, 2.24) is 15.0 Å². The molecule has 0 saturated heterocycles. The van der Waals surface area contributed by atoms with Gasteiger partial charge in [0.05, 0.1) is 16.6 Å². The Morgan fingerprint density at radius 2 is 2.04 bits per heavy atom. The standard InChI is InChI=1S/C17H18N4O2S/c1-10-11(2)24-17(18-10)21-15(22)9-5-8-14-19-13-7-4-3-6-12(13)16(23)20-14/h3-4,6-7H,5,8-9H2,1-2H3,(H,18,21,22)(H,19,20,23). The Labute approximate surface area is 143 Å². The van der Waals surface area contributed by atoms with Gasteiger partial charge in [-0.15, -0.1) is 11.3 Å². The zero-order valence-electron chi connectivity index (χ0n) is 13.5. The summed E-state index contributed by atoms with van der Waals surface area (Å²) < 4.78 is 0. The number of aryl methyl sites for hydroxylation is 3. The second kappa shape index (κ2) is 6.92. The molecular weight excluding hydrogens is 324 g/mol. The zero-order valence-corrected chi connectivity index (χ0v) is 14.4. The molecule has 0 saturated carbocycles. The zero-order chi connectivity index (χ0) is 17.1. The maximum Gasteiger partial charge on any atom is 0.258 e. The number of nitrogens with zero attached hydrogens (tertiary/aromatic N) is 2. The van der Waals surface area contributed by atoms with Crippen molar-refractivity contribution in [3.8, 4) is 0 Å². The number of nitrogens with one attached hydrogen (secondary N) is 2. The van der Waals surface area contributed by atoms with Gasteiger partial charge in [-0.1, -0.05) is 12.1 Å². The molecule has 3 rings (SSSR count). The fourth-order valence-corrected chi connectivity index (χ4v) is 3.21. The van der Waals surface area contributed by atoms with Gasteiger partial charge in [-0.25, -0.2) is 9.97 Å². The van der Waals surface area contributed by atoms with Crippen LogP contribution in [-0.4, -0.2) is 20.9 Å². The fraction of sp³-hybridized carbons (Fsp3) is 0.294. The number of benzene rings is 1. The van der Waals surface area contributed by atoms with Gasteiger partial charge in [0, 0.05) is 17.7 Å². The van der Waals surface area contributed by atoms with Crippen molar-refractivity contribution in [2.45, 2.75) is 33.1 Å². The van der Waals surface area contributed by atoms with Crippen LogP contribution in [-0.2, 0) is 11.2 Å². The summed E-state index contributed by atoms with van der Waals surface area (Å²) in [5.74, 6) is 0.527. The van der Waals surface area contributed by atoms with Crippen LogP contribution in [0.15, 0.2) is 29.1 Å². The number of hydrogen-bond acceptors (Lipinski definition) is 5. The second-order valence-electron chi connectivity index (χ2n) is 5.59. The Kier molecular flexibility index (Phi) is 4.71. The highest BCUT2D eigenvalue weighted by atomic mass is 32.1. The van der Waals surface area contributed by atoms with E-state index >= 15 is 0 Å². The van der Waals surface area contributed by atoms with Crippen molar-refractivity contribution in [2.24, 2.45) is 0 Å². The van der Waals surface area contributed by atoms with E-state index in [4.69, 9.17) is 0 Å². The smallest absolute Gasteiger partial charge is 0.258 e. The van der Waals surface area contributed by atoms with E-state index in [0.29, 0.717) is 41.1 Å². The van der Waals surface area contributed by atoms with Gasteiger partial charge in [-0.2, -0.15) is 0 Å². The third-order valence-electron chi connectivity index (χ3n) is 3.75. The fourth-order valence-electron chi connectivity index (χ4n) is 2.38. The van der Waals surface area contributed by atoms with E-state index < -0.39 is 0 Å². The molecule has 0 unspecified atom stereocenters. The third-order valence-corrected chi connectivity index (χ3v) is 4.74. The highest BCUT2D eigenvalue weighted by Crippen LogP contribution is 2.21. The number of para-hydroxylation sites is 1. The molecule has 124 valence electrons. The number of H-pyrrole nitrogens is 1. The number of hydrogen-bond donors (Lipinski definition) is 2. The molecule has 2 heterocycles. The number of fused-ring (bicyclic) bond motifs is 1. The average molecular weight is 342 g/mol. The van der Waals surface area contributed by atoms with Crippen LogP contribution >= 0.6 is 11.3 Å². The number of amides is 1. The van der Waals surface area contributed by atoms with Gasteiger partial charge < -0.3 is 10.3 Å². The van der Waals surface area contributed by atoms with Gasteiger partial charge in [-0.05, 0) is 32.4 Å². The molecule has 24 heavy (non-hydrogen) atoms. The minimum absolute atomic E-state index is 0.0770. The highest BCUT2D eigenvalue weighted by molar-refractivity contribution is 7.15. The second-order valence-corrected chi connectivity index (χ2v) is 6.80. The van der Waals surface area contributed by atoms with Gasteiger partial charge in [0.25, 0.3) is 5.56 Å². The molecule has 2 aromatic heterocycles. The molecule has 0 aliphatic heterocycles. The van der Waals surface area contributed by atoms with E-state index in [2.05, 4.69) is 20.3 Å². The molecule has 0 aliphatic carbocycles. The Balaban J connectivity index is 1.58. The molecule has 0 fully saturated rings. The first-order chi connectivity index (χ1) is 11.5. The van der Waals surface area contributed by atoms with Crippen molar-refractivity contribution < 1.29 is 4.79 Å². The van der Waals surface area contributed by atoms with Crippen molar-refractivity contribution in [3.63, 3.8) is 0 Å². The molecule has 6 nitrogen and oxygen atoms in total. The summed E-state index contributed by atoms with van der Waals surface area (Å²) in [5, 5.41) is 4.02. The van der Waals surface area contributed by atoms with Crippen LogP contribution in [0.4, 0.5) is 5.13 Å². The highest BCUT2D eigenvalue weighted by Gasteiger charge is 2.09. The van der Waals surface area contributed by atoms with Gasteiger partial charge >= 0.3 is 0 Å². The molecule has 0 aliphatic rings. The van der Waals surface area contributed by atoms with Crippen LogP contribution in [0.2, 0.25) is 0 Å². The summed E-state index contributed by atoms with van der Waals surface area (Å²) in [6.45, 7) is 3.90. The van der Waals surface area contributed by atoms with Gasteiger partial charge in [0.15, 0.2) is 5.13 Å². The number of anilines is 1. The quantitative estimate of drug-likeness (QED) is 0.746. The number of thiazole rings is 1. The lowest BCUT2D eigenvalue weighted by Gasteiger charge is -2.03. The minimum Gasteiger partial charge on any atom is -0.310 e. The number of rotatable bonds is 5. The summed E-state index contributed by atoms with van der Waals surface area (Å²) in [5.41, 5.74) is 1.47. The predicted octanol–water partition coefficient (Wildman–Crippen LogP) is 2.96. The van der Waals surface area contributed by atoms with Gasteiger partial charge in [0.2, 0.25) is 5.91 Å². The first kappa shape index (κ1) is 16.3. The predicted molar refractivity (Wildman–Crippen MR) is 95.5 cm³/mol. The van der Waals surface area contributed by atoms with Crippen molar-refractivity contribution in [2.75, 3.05) is 5.32 Å². The molecule has 0 atom stereocenters. The minimum atomic E-state index is -0.145. The van der Waals surface area contributed by atoms with Crippen LogP contribution < -0.4 is 10.9 Å². The Morgan fingerprint density at radius 1 is 1.25 bits per heavy atom. The maximum atomic E-state index is 12.0. The van der Waals surface area contributed by atoms with Crippen molar-refractivity contribution >= 4 is 33.3 Å². The van der Waals surface area contributed by atoms with E-state index in [-0.39, 0.29) is 11.5 Å². The molecule has 3 aromatic rings. The Bertz CT molecular complexity index is 926. The van der Waals surface area contributed by atoms with Crippen LogP contribution in [0.5, 0.6) is 0 Å². The first-order valence-corrected chi connectivity index (χ1v) is 8.56. The van der Waals surface area contributed by atoms with Crippen LogP contribution in [0.25, 0.3) is 10.9 Å². The van der Waals surface area contributed by atoms with Crippen LogP contribution in [0.3, 0.4) is 0 Å². The molecular formula is C17H18N4O2S. The SMILES string of the molecule is Cc1nc(NC(=O)CCCc2nc3ccccc3c(=O)[nH]2)sc1C. The topological polar surface area (TPSA) is 87.7 Å². The first-order valence-electron chi connectivity index (χ1n) is 7.75. The normalized spacial score (nSPS) is 10.9. The summed E-state index contributed by atoms with van der Waals surface area (Å²) in [6, 6.07) is 7.22. The van der Waals surface area contributed by atoms with E-state index in [1.54, 1.807) is 6.07 Å². The summed E-state index contributed by atoms with van der Waals surface area (Å²) in [6.07, 6.45) is 1.51. The number of aromatic amines is 1. The monoisotopic (exact) mass is 342 g/mol. The van der Waals surface area contributed by atoms with Gasteiger partial charge in [0.1, 0.15) is 5.82 Å². The molecule has 0 spiro atoms. The number of aromatic nitrogens is 3. The largest absolute Gasteiger partial charge is 0.310 e. The van der Waals surface area contributed by atoms with Gasteiger partial charge in [-0.3, -0.25) is 9.59 Å². The molecule has 7 heteroatoms. The van der Waals surface area contributed by atoms with E-state index in [0.717, 1.165) is 10.6 Å². The van der Waals surface area contributed by atoms with Crippen LogP contribution in [0, 0.1) is 13.8 Å². The lowest BCUT2D eigenvalue weighted by atomic mass is 10.2. The molecule has 2 N–H and O–H groups in total. The van der Waals surface area contributed by atoms with Crippen molar-refractivity contribution in [3.05, 3.63) is 51.0 Å². The molecule has 0 bridgehead atoms. The third kappa shape index (κ3) is 3.68. The van der Waals surface area contributed by atoms with E-state index in [1.165, 1.54) is 11.3 Å². The maximum absolute atomic E-state index is 12.0. The van der Waals surface area contributed by atoms with E-state index in [1.807, 2.05) is 32.0 Å². The number of carbonyl (C=O) groups is 1. The summed E-state index contributed by atoms with van der Waals surface area (Å²) in [7, 11) is 0.